The molecule has 3 N–H and O–H groups in total. The number of hydrogen-bond donors (Lipinski definition) is 2. The van der Waals surface area contributed by atoms with Crippen LogP contribution in [-0.2, 0) is 0 Å². The van der Waals surface area contributed by atoms with Crippen molar-refractivity contribution in [1.29, 1.82) is 0 Å². The van der Waals surface area contributed by atoms with E-state index in [9.17, 15) is 13.9 Å². The van der Waals surface area contributed by atoms with Gasteiger partial charge in [0.15, 0.2) is 0 Å². The molecule has 2 nitrogen and oxygen atoms in total. The summed E-state index contributed by atoms with van der Waals surface area (Å²) < 4.78 is 25.9. The molecule has 0 aromatic heterocycles. The van der Waals surface area contributed by atoms with Crippen LogP contribution in [0, 0.1) is 11.6 Å². The zero-order chi connectivity index (χ0) is 10.9. The predicted octanol–water partition coefficient (Wildman–Crippen LogP) is 2.62. The molecule has 76 valence electrons. The molecule has 1 rings (SSSR count). The topological polar surface area (TPSA) is 46.2 Å². The van der Waals surface area contributed by atoms with Gasteiger partial charge in [0, 0.05) is 6.07 Å². The Morgan fingerprint density at radius 3 is 2.57 bits per heavy atom. The standard InChI is InChI=1S/C9H8BrF2NO/c1-2-6(13)7-4(11)3-5(12)8(10)9(7)14/h2-3,6,14H,1,13H2/t6-/m1/s1. The van der Waals surface area contributed by atoms with E-state index in [0.29, 0.717) is 6.07 Å². The molecular weight excluding hydrogens is 256 g/mol. The summed E-state index contributed by atoms with van der Waals surface area (Å²) in [5.74, 6) is -2.30. The molecule has 5 heteroatoms. The second-order valence-corrected chi connectivity index (χ2v) is 3.47. The first-order valence-electron chi connectivity index (χ1n) is 3.73. The summed E-state index contributed by atoms with van der Waals surface area (Å²) in [5, 5.41) is 9.41. The quantitative estimate of drug-likeness (QED) is 0.637. The largest absolute Gasteiger partial charge is 0.506 e. The third kappa shape index (κ3) is 1.78. The van der Waals surface area contributed by atoms with Crippen LogP contribution in [0.25, 0.3) is 0 Å². The van der Waals surface area contributed by atoms with Gasteiger partial charge in [-0.25, -0.2) is 8.78 Å². The Kier molecular flexibility index (Phi) is 3.23. The van der Waals surface area contributed by atoms with Crippen LogP contribution >= 0.6 is 15.9 Å². The smallest absolute Gasteiger partial charge is 0.144 e. The highest BCUT2D eigenvalue weighted by atomic mass is 79.9. The van der Waals surface area contributed by atoms with Gasteiger partial charge in [-0.05, 0) is 15.9 Å². The summed E-state index contributed by atoms with van der Waals surface area (Å²) in [6.07, 6.45) is 1.25. The normalized spacial score (nSPS) is 12.6. The second kappa shape index (κ2) is 4.06. The van der Waals surface area contributed by atoms with Crippen molar-refractivity contribution >= 4 is 15.9 Å². The summed E-state index contributed by atoms with van der Waals surface area (Å²) in [5.41, 5.74) is 5.28. The molecule has 0 aliphatic carbocycles. The number of phenolic OH excluding ortho intramolecular Hbond substituents is 1. The molecule has 0 saturated heterocycles. The molecule has 1 aromatic carbocycles. The highest BCUT2D eigenvalue weighted by molar-refractivity contribution is 9.10. The highest BCUT2D eigenvalue weighted by Crippen LogP contribution is 2.35. The van der Waals surface area contributed by atoms with Gasteiger partial charge in [-0.3, -0.25) is 0 Å². The maximum Gasteiger partial charge on any atom is 0.144 e. The van der Waals surface area contributed by atoms with Crippen molar-refractivity contribution in [3.05, 3.63) is 40.4 Å². The molecule has 0 radical (unpaired) electrons. The van der Waals surface area contributed by atoms with Crippen LogP contribution in [0.15, 0.2) is 23.2 Å². The number of phenols is 1. The minimum atomic E-state index is -0.893. The van der Waals surface area contributed by atoms with Crippen molar-refractivity contribution in [2.75, 3.05) is 0 Å². The monoisotopic (exact) mass is 263 g/mol. The lowest BCUT2D eigenvalue weighted by atomic mass is 10.1. The number of nitrogens with two attached hydrogens (primary N) is 1. The fraction of sp³-hybridized carbons (Fsp3) is 0.111. The maximum atomic E-state index is 13.2. The van der Waals surface area contributed by atoms with Gasteiger partial charge in [0.25, 0.3) is 0 Å². The summed E-state index contributed by atoms with van der Waals surface area (Å²) in [6.45, 7) is 3.36. The predicted molar refractivity (Wildman–Crippen MR) is 52.8 cm³/mol. The highest BCUT2D eigenvalue weighted by Gasteiger charge is 2.19. The van der Waals surface area contributed by atoms with Gasteiger partial charge in [-0.1, -0.05) is 6.08 Å². The SMILES string of the molecule is C=C[C@@H](N)c1c(F)cc(F)c(Br)c1O. The minimum absolute atomic E-state index is 0.173. The molecule has 0 saturated carbocycles. The van der Waals surface area contributed by atoms with E-state index in [1.807, 2.05) is 0 Å². The van der Waals surface area contributed by atoms with E-state index in [2.05, 4.69) is 22.5 Å². The van der Waals surface area contributed by atoms with E-state index in [0.717, 1.165) is 0 Å². The van der Waals surface area contributed by atoms with Gasteiger partial charge in [-0.15, -0.1) is 6.58 Å². The molecule has 0 aliphatic rings. The number of rotatable bonds is 2. The van der Waals surface area contributed by atoms with Gasteiger partial charge in [-0.2, -0.15) is 0 Å². The molecule has 0 bridgehead atoms. The number of aromatic hydroxyl groups is 1. The molecule has 0 unspecified atom stereocenters. The second-order valence-electron chi connectivity index (χ2n) is 2.68. The Labute approximate surface area is 88.2 Å². The van der Waals surface area contributed by atoms with Crippen molar-refractivity contribution in [3.63, 3.8) is 0 Å². The molecule has 1 atom stereocenters. The average Bonchev–Trinajstić information content (AvgIpc) is 2.14. The van der Waals surface area contributed by atoms with Crippen LogP contribution in [-0.4, -0.2) is 5.11 Å². The zero-order valence-electron chi connectivity index (χ0n) is 7.10. The summed E-state index contributed by atoms with van der Waals surface area (Å²) in [4.78, 5) is 0. The average molecular weight is 264 g/mol. The van der Waals surface area contributed by atoms with E-state index in [1.54, 1.807) is 0 Å². The molecule has 0 fully saturated rings. The van der Waals surface area contributed by atoms with Gasteiger partial charge in [0.2, 0.25) is 0 Å². The molecule has 14 heavy (non-hydrogen) atoms. The molecule has 0 heterocycles. The van der Waals surface area contributed by atoms with Crippen molar-refractivity contribution in [2.45, 2.75) is 6.04 Å². The Balaban J connectivity index is 3.43. The molecular formula is C9H8BrF2NO. The fourth-order valence-electron chi connectivity index (χ4n) is 1.03. The van der Waals surface area contributed by atoms with Gasteiger partial charge < -0.3 is 10.8 Å². The Morgan fingerprint density at radius 1 is 1.50 bits per heavy atom. The van der Waals surface area contributed by atoms with Gasteiger partial charge in [0.05, 0.1) is 16.1 Å². The van der Waals surface area contributed by atoms with E-state index < -0.39 is 23.4 Å². The lowest BCUT2D eigenvalue weighted by Crippen LogP contribution is -2.10. The third-order valence-electron chi connectivity index (χ3n) is 1.77. The summed E-state index contributed by atoms with van der Waals surface area (Å²) in [7, 11) is 0. The van der Waals surface area contributed by atoms with Crippen LogP contribution in [0.1, 0.15) is 11.6 Å². The first-order valence-corrected chi connectivity index (χ1v) is 4.52. The van der Waals surface area contributed by atoms with Crippen LogP contribution in [0.3, 0.4) is 0 Å². The lowest BCUT2D eigenvalue weighted by molar-refractivity contribution is 0.441. The Morgan fingerprint density at radius 2 is 2.07 bits per heavy atom. The molecule has 1 aromatic rings. The van der Waals surface area contributed by atoms with Crippen LogP contribution in [0.2, 0.25) is 0 Å². The summed E-state index contributed by atoms with van der Waals surface area (Å²) in [6, 6.07) is -0.213. The summed E-state index contributed by atoms with van der Waals surface area (Å²) >= 11 is 2.78. The zero-order valence-corrected chi connectivity index (χ0v) is 8.68. The third-order valence-corrected chi connectivity index (χ3v) is 2.53. The van der Waals surface area contributed by atoms with Gasteiger partial charge in [0.1, 0.15) is 17.4 Å². The van der Waals surface area contributed by atoms with Crippen molar-refractivity contribution in [2.24, 2.45) is 5.73 Å². The van der Waals surface area contributed by atoms with E-state index in [-0.39, 0.29) is 10.0 Å². The van der Waals surface area contributed by atoms with Crippen molar-refractivity contribution < 1.29 is 13.9 Å². The number of hydrogen-bond acceptors (Lipinski definition) is 2. The first kappa shape index (κ1) is 11.1. The Bertz CT molecular complexity index is 382. The molecule has 0 aliphatic heterocycles. The lowest BCUT2D eigenvalue weighted by Gasteiger charge is -2.12. The van der Waals surface area contributed by atoms with Gasteiger partial charge >= 0.3 is 0 Å². The van der Waals surface area contributed by atoms with Crippen LogP contribution in [0.5, 0.6) is 5.75 Å². The van der Waals surface area contributed by atoms with E-state index >= 15 is 0 Å². The van der Waals surface area contributed by atoms with Crippen molar-refractivity contribution in [3.8, 4) is 5.75 Å². The van der Waals surface area contributed by atoms with E-state index in [1.165, 1.54) is 6.08 Å². The minimum Gasteiger partial charge on any atom is -0.506 e. The fourth-order valence-corrected chi connectivity index (χ4v) is 1.36. The maximum absolute atomic E-state index is 13.2. The van der Waals surface area contributed by atoms with Crippen molar-refractivity contribution in [1.82, 2.24) is 0 Å². The number of halogens is 3. The van der Waals surface area contributed by atoms with E-state index in [4.69, 9.17) is 5.73 Å². The number of benzene rings is 1. The van der Waals surface area contributed by atoms with Crippen LogP contribution < -0.4 is 5.73 Å². The Hall–Kier alpha value is -0.940. The molecule has 0 amide bonds. The first-order chi connectivity index (χ1) is 6.49. The molecule has 0 spiro atoms. The van der Waals surface area contributed by atoms with Crippen LogP contribution in [0.4, 0.5) is 8.78 Å².